The smallest absolute Gasteiger partial charge is 0.384 e. The third kappa shape index (κ3) is 4.48. The molecule has 0 spiro atoms. The molecule has 0 unspecified atom stereocenters. The minimum absolute atomic E-state index is 0.161. The maximum absolute atomic E-state index is 12.6. The molecule has 1 aliphatic rings. The summed E-state index contributed by atoms with van der Waals surface area (Å²) in [7, 11) is 0. The highest BCUT2D eigenvalue weighted by molar-refractivity contribution is 5.41. The summed E-state index contributed by atoms with van der Waals surface area (Å²) in [5.41, 5.74) is 1.81. The molecule has 1 heterocycles. The van der Waals surface area contributed by atoms with Gasteiger partial charge in [0.05, 0.1) is 5.92 Å². The number of halogens is 3. The molecule has 5 heteroatoms. The van der Waals surface area contributed by atoms with Crippen LogP contribution in [-0.4, -0.2) is 35.9 Å². The summed E-state index contributed by atoms with van der Waals surface area (Å²) in [5, 5.41) is 8.75. The van der Waals surface area contributed by atoms with Crippen molar-refractivity contribution in [3.8, 4) is 11.8 Å². The Morgan fingerprint density at radius 2 is 1.86 bits per heavy atom. The van der Waals surface area contributed by atoms with E-state index < -0.39 is 12.1 Å². The van der Waals surface area contributed by atoms with E-state index in [1.54, 1.807) is 0 Å². The molecule has 1 aliphatic heterocycles. The summed E-state index contributed by atoms with van der Waals surface area (Å²) in [4.78, 5) is 2.03. The predicted octanol–water partition coefficient (Wildman–Crippen LogP) is 2.80. The minimum Gasteiger partial charge on any atom is -0.384 e. The Balaban J connectivity index is 1.98. The molecular weight excluding hydrogens is 279 g/mol. The Hall–Kier alpha value is -1.51. The molecule has 0 radical (unpaired) electrons. The van der Waals surface area contributed by atoms with Gasteiger partial charge in [-0.25, -0.2) is 0 Å². The zero-order chi connectivity index (χ0) is 15.3. The number of alkyl halides is 3. The molecule has 1 saturated heterocycles. The van der Waals surface area contributed by atoms with E-state index in [2.05, 4.69) is 11.8 Å². The zero-order valence-electron chi connectivity index (χ0n) is 11.7. The predicted molar refractivity (Wildman–Crippen MR) is 74.5 cm³/mol. The lowest BCUT2D eigenvalue weighted by Crippen LogP contribution is -2.38. The summed E-state index contributed by atoms with van der Waals surface area (Å²) in [5.74, 6) is 4.32. The topological polar surface area (TPSA) is 23.5 Å². The van der Waals surface area contributed by atoms with Crippen molar-refractivity contribution in [1.82, 2.24) is 4.90 Å². The van der Waals surface area contributed by atoms with Gasteiger partial charge in [-0.05, 0) is 37.6 Å². The van der Waals surface area contributed by atoms with Crippen LogP contribution >= 0.6 is 0 Å². The lowest BCUT2D eigenvalue weighted by atomic mass is 9.95. The van der Waals surface area contributed by atoms with Gasteiger partial charge in [0.1, 0.15) is 6.61 Å². The molecule has 1 aromatic rings. The van der Waals surface area contributed by atoms with E-state index in [4.69, 9.17) is 5.11 Å². The molecule has 114 valence electrons. The highest BCUT2D eigenvalue weighted by Crippen LogP contribution is 2.34. The number of aliphatic hydroxyl groups is 1. The molecule has 21 heavy (non-hydrogen) atoms. The fraction of sp³-hybridized carbons (Fsp3) is 0.500. The van der Waals surface area contributed by atoms with Crippen LogP contribution in [0.4, 0.5) is 13.2 Å². The van der Waals surface area contributed by atoms with Crippen molar-refractivity contribution in [2.45, 2.75) is 25.6 Å². The van der Waals surface area contributed by atoms with Gasteiger partial charge in [-0.15, -0.1) is 0 Å². The van der Waals surface area contributed by atoms with Crippen molar-refractivity contribution in [3.05, 3.63) is 35.4 Å². The molecule has 0 amide bonds. The van der Waals surface area contributed by atoms with E-state index in [-0.39, 0.29) is 19.4 Å². The van der Waals surface area contributed by atoms with Gasteiger partial charge in [0.15, 0.2) is 0 Å². The maximum atomic E-state index is 12.6. The molecule has 2 rings (SSSR count). The van der Waals surface area contributed by atoms with E-state index >= 15 is 0 Å². The van der Waals surface area contributed by atoms with Gasteiger partial charge in [0.25, 0.3) is 0 Å². The summed E-state index contributed by atoms with van der Waals surface area (Å²) in [6.07, 6.45) is -3.75. The maximum Gasteiger partial charge on any atom is 0.391 e. The van der Waals surface area contributed by atoms with Gasteiger partial charge in [0, 0.05) is 12.1 Å². The summed E-state index contributed by atoms with van der Waals surface area (Å²) < 4.78 is 37.9. The lowest BCUT2D eigenvalue weighted by molar-refractivity contribution is -0.185. The molecule has 0 atom stereocenters. The molecule has 0 aliphatic carbocycles. The number of likely N-dealkylation sites (tertiary alicyclic amines) is 1. The summed E-state index contributed by atoms with van der Waals surface area (Å²) in [6.45, 7) is 1.30. The third-order valence-electron chi connectivity index (χ3n) is 3.76. The van der Waals surface area contributed by atoms with Crippen LogP contribution in [0.25, 0.3) is 0 Å². The normalized spacial score (nSPS) is 17.3. The first kappa shape index (κ1) is 15.9. The highest BCUT2D eigenvalue weighted by atomic mass is 19.4. The van der Waals surface area contributed by atoms with Crippen molar-refractivity contribution in [2.24, 2.45) is 5.92 Å². The SMILES string of the molecule is OCC#Cc1ccccc1CN1CCC(C(F)(F)F)CC1. The quantitative estimate of drug-likeness (QED) is 0.849. The first-order valence-electron chi connectivity index (χ1n) is 6.97. The van der Waals surface area contributed by atoms with Gasteiger partial charge in [-0.3, -0.25) is 4.90 Å². The zero-order valence-corrected chi connectivity index (χ0v) is 11.7. The van der Waals surface area contributed by atoms with Crippen molar-refractivity contribution < 1.29 is 18.3 Å². The van der Waals surface area contributed by atoms with Crippen molar-refractivity contribution in [1.29, 1.82) is 0 Å². The second-order valence-electron chi connectivity index (χ2n) is 5.21. The minimum atomic E-state index is -4.07. The van der Waals surface area contributed by atoms with Crippen molar-refractivity contribution in [3.63, 3.8) is 0 Å². The molecular formula is C16H18F3NO. The Labute approximate surface area is 122 Å². The number of benzene rings is 1. The number of rotatable bonds is 2. The average Bonchev–Trinajstić information content (AvgIpc) is 2.46. The summed E-state index contributed by atoms with van der Waals surface area (Å²) in [6, 6.07) is 7.54. The fourth-order valence-corrected chi connectivity index (χ4v) is 2.57. The standard InChI is InChI=1S/C16H18F3NO/c17-16(18,19)15-7-9-20(10-8-15)12-14-5-2-1-4-13(14)6-3-11-21/h1-2,4-5,15,21H,7-12H2. The number of hydrogen-bond acceptors (Lipinski definition) is 2. The van der Waals surface area contributed by atoms with Crippen LogP contribution in [0.5, 0.6) is 0 Å². The highest BCUT2D eigenvalue weighted by Gasteiger charge is 2.40. The third-order valence-corrected chi connectivity index (χ3v) is 3.76. The van der Waals surface area contributed by atoms with Crippen LogP contribution in [0.15, 0.2) is 24.3 Å². The molecule has 0 aromatic heterocycles. The average molecular weight is 297 g/mol. The van der Waals surface area contributed by atoms with Crippen LogP contribution < -0.4 is 0 Å². The summed E-state index contributed by atoms with van der Waals surface area (Å²) >= 11 is 0. The number of nitrogens with zero attached hydrogens (tertiary/aromatic N) is 1. The van der Waals surface area contributed by atoms with E-state index in [1.807, 2.05) is 29.2 Å². The Kier molecular flexibility index (Phi) is 5.27. The molecule has 0 saturated carbocycles. The van der Waals surface area contributed by atoms with Crippen LogP contribution in [0.2, 0.25) is 0 Å². The molecule has 2 nitrogen and oxygen atoms in total. The Bertz CT molecular complexity index is 522. The van der Waals surface area contributed by atoms with E-state index in [0.717, 1.165) is 11.1 Å². The van der Waals surface area contributed by atoms with Crippen molar-refractivity contribution >= 4 is 0 Å². The molecule has 1 fully saturated rings. The van der Waals surface area contributed by atoms with Gasteiger partial charge in [-0.1, -0.05) is 30.0 Å². The molecule has 0 bridgehead atoms. The van der Waals surface area contributed by atoms with Gasteiger partial charge in [0.2, 0.25) is 0 Å². The van der Waals surface area contributed by atoms with Crippen LogP contribution in [0, 0.1) is 17.8 Å². The number of aliphatic hydroxyl groups excluding tert-OH is 1. The van der Waals surface area contributed by atoms with E-state index in [1.165, 1.54) is 0 Å². The van der Waals surface area contributed by atoms with Crippen LogP contribution in [0.3, 0.4) is 0 Å². The number of hydrogen-bond donors (Lipinski definition) is 1. The van der Waals surface area contributed by atoms with E-state index in [0.29, 0.717) is 19.6 Å². The second kappa shape index (κ2) is 6.97. The second-order valence-corrected chi connectivity index (χ2v) is 5.21. The van der Waals surface area contributed by atoms with Gasteiger partial charge in [-0.2, -0.15) is 13.2 Å². The van der Waals surface area contributed by atoms with Crippen LogP contribution in [0.1, 0.15) is 24.0 Å². The van der Waals surface area contributed by atoms with Gasteiger partial charge < -0.3 is 5.11 Å². The van der Waals surface area contributed by atoms with Crippen LogP contribution in [-0.2, 0) is 6.54 Å². The molecule has 1 aromatic carbocycles. The largest absolute Gasteiger partial charge is 0.391 e. The monoisotopic (exact) mass is 297 g/mol. The lowest BCUT2D eigenvalue weighted by Gasteiger charge is -2.33. The number of piperidine rings is 1. The van der Waals surface area contributed by atoms with Crippen molar-refractivity contribution in [2.75, 3.05) is 19.7 Å². The Morgan fingerprint density at radius 3 is 2.48 bits per heavy atom. The Morgan fingerprint density at radius 1 is 1.19 bits per heavy atom. The fourth-order valence-electron chi connectivity index (χ4n) is 2.57. The first-order valence-corrected chi connectivity index (χ1v) is 6.97. The van der Waals surface area contributed by atoms with Gasteiger partial charge >= 0.3 is 6.18 Å². The van der Waals surface area contributed by atoms with E-state index in [9.17, 15) is 13.2 Å². The molecule has 1 N–H and O–H groups in total. The first-order chi connectivity index (χ1) is 10.0.